The first-order chi connectivity index (χ1) is 12.5. The molecule has 0 spiro atoms. The van der Waals surface area contributed by atoms with E-state index in [4.69, 9.17) is 26.9 Å². The fourth-order valence-corrected chi connectivity index (χ4v) is 3.29. The zero-order chi connectivity index (χ0) is 18.9. The molecule has 0 N–H and O–H groups in total. The van der Waals surface area contributed by atoms with Crippen LogP contribution in [-0.2, 0) is 6.61 Å². The maximum atomic E-state index is 12.7. The van der Waals surface area contributed by atoms with Crippen LogP contribution in [0.4, 0.5) is 0 Å². The molecule has 2 aromatic rings. The second-order valence-electron chi connectivity index (χ2n) is 5.37. The molecule has 0 aliphatic heterocycles. The van der Waals surface area contributed by atoms with Crippen molar-refractivity contribution in [2.75, 3.05) is 13.1 Å². The molecule has 1 aromatic heterocycles. The number of carbonyl (C=O) groups is 1. The molecule has 0 bridgehead atoms. The van der Waals surface area contributed by atoms with E-state index in [1.54, 1.807) is 31.2 Å². The molecular weight excluding hydrogens is 372 g/mol. The van der Waals surface area contributed by atoms with Crippen molar-refractivity contribution in [3.8, 4) is 17.9 Å². The average molecular weight is 389 g/mol. The molecule has 0 unspecified atom stereocenters. The van der Waals surface area contributed by atoms with Gasteiger partial charge in [-0.25, -0.2) is 4.98 Å². The van der Waals surface area contributed by atoms with E-state index in [1.165, 1.54) is 16.2 Å². The van der Waals surface area contributed by atoms with Gasteiger partial charge in [0, 0.05) is 18.1 Å². The van der Waals surface area contributed by atoms with Gasteiger partial charge in [-0.2, -0.15) is 10.5 Å². The minimum Gasteiger partial charge on any atom is -0.486 e. The Morgan fingerprint density at radius 3 is 2.42 bits per heavy atom. The number of benzene rings is 1. The van der Waals surface area contributed by atoms with Crippen LogP contribution in [0.1, 0.15) is 33.2 Å². The highest BCUT2D eigenvalue weighted by molar-refractivity contribution is 7.13. The lowest BCUT2D eigenvalue weighted by molar-refractivity contribution is 0.0766. The summed E-state index contributed by atoms with van der Waals surface area (Å²) in [6.45, 7) is 2.61. The lowest BCUT2D eigenvalue weighted by Crippen LogP contribution is -2.32. The molecule has 0 aliphatic carbocycles. The van der Waals surface area contributed by atoms with Crippen LogP contribution in [0.3, 0.4) is 0 Å². The molecule has 1 aromatic carbocycles. The van der Waals surface area contributed by atoms with Gasteiger partial charge in [0.1, 0.15) is 22.2 Å². The minimum atomic E-state index is -0.205. The van der Waals surface area contributed by atoms with Crippen LogP contribution in [-0.4, -0.2) is 28.9 Å². The molecule has 1 heterocycles. The number of thiazole rings is 1. The van der Waals surface area contributed by atoms with E-state index in [0.717, 1.165) is 0 Å². The minimum absolute atomic E-state index is 0.205. The molecule has 0 atom stereocenters. The molecule has 0 saturated carbocycles. The van der Waals surface area contributed by atoms with Crippen molar-refractivity contribution >= 4 is 28.8 Å². The Morgan fingerprint density at radius 2 is 1.85 bits per heavy atom. The summed E-state index contributed by atoms with van der Waals surface area (Å²) in [4.78, 5) is 19.2. The smallest absolute Gasteiger partial charge is 0.265 e. The largest absolute Gasteiger partial charge is 0.486 e. The Balaban J connectivity index is 2.07. The van der Waals surface area contributed by atoms with Gasteiger partial charge in [0.25, 0.3) is 5.91 Å². The van der Waals surface area contributed by atoms with E-state index in [-0.39, 0.29) is 25.4 Å². The second kappa shape index (κ2) is 9.76. The first-order valence-electron chi connectivity index (χ1n) is 7.93. The topological polar surface area (TPSA) is 90.0 Å². The third-order valence-electron chi connectivity index (χ3n) is 3.49. The van der Waals surface area contributed by atoms with Crippen molar-refractivity contribution in [1.29, 1.82) is 10.5 Å². The fourth-order valence-electron chi connectivity index (χ4n) is 2.22. The van der Waals surface area contributed by atoms with Crippen molar-refractivity contribution in [3.05, 3.63) is 44.9 Å². The van der Waals surface area contributed by atoms with Crippen LogP contribution in [0, 0.1) is 29.6 Å². The van der Waals surface area contributed by atoms with Gasteiger partial charge < -0.3 is 9.64 Å². The molecule has 1 amide bonds. The third-order valence-corrected chi connectivity index (χ3v) is 4.86. The molecule has 8 heteroatoms. The number of nitrogens with zero attached hydrogens (tertiary/aromatic N) is 4. The SMILES string of the molecule is Cc1nc(COc2ccc(Cl)cc2)sc1C(=O)N(CCC#N)CCC#N. The Labute approximate surface area is 161 Å². The number of ether oxygens (including phenoxy) is 1. The van der Waals surface area contributed by atoms with Crippen molar-refractivity contribution in [1.82, 2.24) is 9.88 Å². The number of rotatable bonds is 8. The second-order valence-corrected chi connectivity index (χ2v) is 6.89. The van der Waals surface area contributed by atoms with Gasteiger partial charge in [0.15, 0.2) is 0 Å². The highest BCUT2D eigenvalue weighted by atomic mass is 35.5. The number of carbonyl (C=O) groups excluding carboxylic acids is 1. The zero-order valence-corrected chi connectivity index (χ0v) is 15.8. The molecule has 26 heavy (non-hydrogen) atoms. The van der Waals surface area contributed by atoms with Gasteiger partial charge >= 0.3 is 0 Å². The van der Waals surface area contributed by atoms with Gasteiger partial charge in [0.2, 0.25) is 0 Å². The summed E-state index contributed by atoms with van der Waals surface area (Å²) in [6, 6.07) is 11.1. The number of halogens is 1. The quantitative estimate of drug-likeness (QED) is 0.682. The van der Waals surface area contributed by atoms with Crippen molar-refractivity contribution in [3.63, 3.8) is 0 Å². The number of nitriles is 2. The van der Waals surface area contributed by atoms with Gasteiger partial charge in [-0.1, -0.05) is 11.6 Å². The van der Waals surface area contributed by atoms with Crippen LogP contribution in [0.5, 0.6) is 5.75 Å². The average Bonchev–Trinajstić information content (AvgIpc) is 3.01. The van der Waals surface area contributed by atoms with E-state index in [2.05, 4.69) is 4.98 Å². The van der Waals surface area contributed by atoms with Crippen LogP contribution in [0.25, 0.3) is 0 Å². The van der Waals surface area contributed by atoms with Gasteiger partial charge in [-0.15, -0.1) is 11.3 Å². The Morgan fingerprint density at radius 1 is 1.23 bits per heavy atom. The van der Waals surface area contributed by atoms with E-state index >= 15 is 0 Å². The van der Waals surface area contributed by atoms with E-state index in [1.807, 2.05) is 12.1 Å². The van der Waals surface area contributed by atoms with Crippen molar-refractivity contribution in [2.24, 2.45) is 0 Å². The van der Waals surface area contributed by atoms with Crippen molar-refractivity contribution < 1.29 is 9.53 Å². The number of amides is 1. The summed E-state index contributed by atoms with van der Waals surface area (Å²) >= 11 is 7.11. The maximum Gasteiger partial charge on any atom is 0.265 e. The summed E-state index contributed by atoms with van der Waals surface area (Å²) in [5.41, 5.74) is 0.619. The first kappa shape index (κ1) is 19.7. The molecule has 0 saturated heterocycles. The van der Waals surface area contributed by atoms with E-state index in [0.29, 0.717) is 39.4 Å². The highest BCUT2D eigenvalue weighted by Gasteiger charge is 2.21. The van der Waals surface area contributed by atoms with Gasteiger partial charge in [-0.3, -0.25) is 4.79 Å². The van der Waals surface area contributed by atoms with Crippen LogP contribution in [0.15, 0.2) is 24.3 Å². The third kappa shape index (κ3) is 5.45. The number of aryl methyl sites for hydroxylation is 1. The van der Waals surface area contributed by atoms with Gasteiger partial charge in [-0.05, 0) is 31.2 Å². The molecule has 0 fully saturated rings. The van der Waals surface area contributed by atoms with Gasteiger partial charge in [0.05, 0.1) is 30.7 Å². The Hall–Kier alpha value is -2.61. The summed E-state index contributed by atoms with van der Waals surface area (Å²) in [7, 11) is 0. The summed E-state index contributed by atoms with van der Waals surface area (Å²) in [5.74, 6) is 0.461. The molecular formula is C18H17ClN4O2S. The van der Waals surface area contributed by atoms with Crippen LogP contribution < -0.4 is 4.74 Å². The number of hydrogen-bond acceptors (Lipinski definition) is 6. The van der Waals surface area contributed by atoms with Crippen molar-refractivity contribution in [2.45, 2.75) is 26.4 Å². The highest BCUT2D eigenvalue weighted by Crippen LogP contribution is 2.23. The predicted octanol–water partition coefficient (Wildman–Crippen LogP) is 3.95. The van der Waals surface area contributed by atoms with Crippen LogP contribution in [0.2, 0.25) is 5.02 Å². The molecule has 0 radical (unpaired) electrons. The monoisotopic (exact) mass is 388 g/mol. The van der Waals surface area contributed by atoms with Crippen LogP contribution >= 0.6 is 22.9 Å². The summed E-state index contributed by atoms with van der Waals surface area (Å²) < 4.78 is 5.66. The number of hydrogen-bond donors (Lipinski definition) is 0. The predicted molar refractivity (Wildman–Crippen MR) is 99.0 cm³/mol. The summed E-state index contributed by atoms with van der Waals surface area (Å²) in [6.07, 6.45) is 0.448. The lowest BCUT2D eigenvalue weighted by atomic mass is 10.3. The fraction of sp³-hybridized carbons (Fsp3) is 0.333. The normalized spacial score (nSPS) is 10.0. The Bertz CT molecular complexity index is 818. The molecule has 6 nitrogen and oxygen atoms in total. The maximum absolute atomic E-state index is 12.7. The number of aromatic nitrogens is 1. The zero-order valence-electron chi connectivity index (χ0n) is 14.2. The molecule has 134 valence electrons. The first-order valence-corrected chi connectivity index (χ1v) is 9.12. The molecule has 2 rings (SSSR count). The summed E-state index contributed by atoms with van der Waals surface area (Å²) in [5, 5.41) is 18.8. The van der Waals surface area contributed by atoms with E-state index in [9.17, 15) is 4.79 Å². The van der Waals surface area contributed by atoms with E-state index < -0.39 is 0 Å². The Kier molecular flexibility index (Phi) is 7.40. The lowest BCUT2D eigenvalue weighted by Gasteiger charge is -2.19. The molecule has 0 aliphatic rings. The standard InChI is InChI=1S/C18H17ClN4O2S/c1-13-17(18(24)23(10-2-8-20)11-3-9-21)26-16(22-13)12-25-15-6-4-14(19)5-7-15/h4-7H,2-3,10-12H2,1H3.